The number of hydrogen-bond acceptors (Lipinski definition) is 1. The molecule has 1 N–H and O–H groups in total. The third-order valence-electron chi connectivity index (χ3n) is 3.61. The summed E-state index contributed by atoms with van der Waals surface area (Å²) >= 11 is 0. The zero-order chi connectivity index (χ0) is 15.6. The molecule has 4 heteroatoms. The molecule has 0 saturated heterocycles. The Morgan fingerprint density at radius 2 is 1.76 bits per heavy atom. The number of aromatic nitrogens is 2. The molecule has 1 aromatic carbocycles. The molecule has 1 aromatic heterocycles. The first-order valence-electron chi connectivity index (χ1n) is 7.32. The Kier molecular flexibility index (Phi) is 4.46. The minimum absolute atomic E-state index is 0.0200. The highest BCUT2D eigenvalue weighted by Crippen LogP contribution is 2.30. The molecule has 0 radical (unpaired) electrons. The van der Waals surface area contributed by atoms with Crippen LogP contribution >= 0.6 is 0 Å². The summed E-state index contributed by atoms with van der Waals surface area (Å²) in [6.07, 6.45) is 5.58. The van der Waals surface area contributed by atoms with Crippen molar-refractivity contribution < 1.29 is 14.5 Å². The fourth-order valence-corrected chi connectivity index (χ4v) is 2.59. The summed E-state index contributed by atoms with van der Waals surface area (Å²) in [5, 5.41) is 8.90. The van der Waals surface area contributed by atoms with Crippen LogP contribution < -0.4 is 4.57 Å². The molecule has 0 fully saturated rings. The second kappa shape index (κ2) is 6.12. The van der Waals surface area contributed by atoms with Gasteiger partial charge in [-0.25, -0.2) is 13.9 Å². The molecule has 0 aliphatic heterocycles. The maximum absolute atomic E-state index is 10.8. The fraction of sp³-hybridized carbons (Fsp3) is 0.412. The van der Waals surface area contributed by atoms with Crippen LogP contribution in [0.1, 0.15) is 50.7 Å². The van der Waals surface area contributed by atoms with Crippen molar-refractivity contribution in [2.24, 2.45) is 0 Å². The molecule has 0 unspecified atom stereocenters. The molecule has 0 atom stereocenters. The number of para-hydroxylation sites is 1. The summed E-state index contributed by atoms with van der Waals surface area (Å²) in [6.45, 7) is 8.69. The molecule has 0 aliphatic carbocycles. The standard InChI is InChI=1S/C17H22N2O2/c1-12(2)14-6-5-7-15(13(3)4)17(14)19-9-8-18(11-19)10-16(20)21/h5-9,11-13H,10H2,1-4H3/p+1. The normalized spacial score (nSPS) is 11.3. The highest BCUT2D eigenvalue weighted by atomic mass is 16.4. The second-order valence-corrected chi connectivity index (χ2v) is 5.98. The molecule has 21 heavy (non-hydrogen) atoms. The summed E-state index contributed by atoms with van der Waals surface area (Å²) in [4.78, 5) is 10.8. The lowest BCUT2D eigenvalue weighted by Gasteiger charge is -2.16. The molecule has 0 bridgehead atoms. The van der Waals surface area contributed by atoms with E-state index < -0.39 is 5.97 Å². The molecule has 112 valence electrons. The molecule has 0 aliphatic rings. The van der Waals surface area contributed by atoms with Gasteiger partial charge in [-0.2, -0.15) is 0 Å². The number of nitrogens with zero attached hydrogens (tertiary/aromatic N) is 2. The van der Waals surface area contributed by atoms with Crippen LogP contribution in [0.25, 0.3) is 5.69 Å². The van der Waals surface area contributed by atoms with Crippen LogP contribution in [-0.2, 0) is 11.3 Å². The van der Waals surface area contributed by atoms with Gasteiger partial charge in [0.1, 0.15) is 18.1 Å². The topological polar surface area (TPSA) is 46.1 Å². The lowest BCUT2D eigenvalue weighted by atomic mass is 9.92. The zero-order valence-corrected chi connectivity index (χ0v) is 13.1. The van der Waals surface area contributed by atoms with Crippen LogP contribution in [-0.4, -0.2) is 15.6 Å². The molecule has 2 aromatic rings. The Morgan fingerprint density at radius 3 is 2.24 bits per heavy atom. The molecule has 0 spiro atoms. The maximum atomic E-state index is 10.8. The van der Waals surface area contributed by atoms with Crippen LogP contribution in [0.2, 0.25) is 0 Å². The Morgan fingerprint density at radius 1 is 1.19 bits per heavy atom. The minimum atomic E-state index is -0.834. The van der Waals surface area contributed by atoms with Crippen molar-refractivity contribution in [3.05, 3.63) is 48.0 Å². The average molecular weight is 287 g/mol. The molecule has 1 heterocycles. The number of rotatable bonds is 5. The van der Waals surface area contributed by atoms with E-state index in [0.29, 0.717) is 11.8 Å². The van der Waals surface area contributed by atoms with Crippen molar-refractivity contribution in [2.45, 2.75) is 46.1 Å². The van der Waals surface area contributed by atoms with Gasteiger partial charge in [-0.05, 0) is 11.8 Å². The smallest absolute Gasteiger partial charge is 0.346 e. The zero-order valence-electron chi connectivity index (χ0n) is 13.1. The van der Waals surface area contributed by atoms with E-state index in [0.717, 1.165) is 0 Å². The quantitative estimate of drug-likeness (QED) is 0.859. The Balaban J connectivity index is 2.55. The molecule has 0 saturated carbocycles. The summed E-state index contributed by atoms with van der Waals surface area (Å²) in [5.41, 5.74) is 3.73. The Hall–Kier alpha value is -2.10. The molecular weight excluding hydrogens is 264 g/mol. The number of benzene rings is 1. The Labute approximate surface area is 125 Å². The van der Waals surface area contributed by atoms with Crippen molar-refractivity contribution >= 4 is 5.97 Å². The first kappa shape index (κ1) is 15.3. The maximum Gasteiger partial charge on any atom is 0.346 e. The van der Waals surface area contributed by atoms with Gasteiger partial charge in [-0.1, -0.05) is 45.9 Å². The van der Waals surface area contributed by atoms with Crippen LogP contribution in [0, 0.1) is 0 Å². The number of hydrogen-bond donors (Lipinski definition) is 1. The van der Waals surface area contributed by atoms with E-state index >= 15 is 0 Å². The number of imidazole rings is 1. The SMILES string of the molecule is CC(C)c1cccc(C(C)C)c1-n1cc[n+](CC(=O)O)c1. The summed E-state index contributed by atoms with van der Waals surface area (Å²) in [7, 11) is 0. The number of carboxylic acids is 1. The second-order valence-electron chi connectivity index (χ2n) is 5.98. The first-order valence-corrected chi connectivity index (χ1v) is 7.32. The number of aliphatic carboxylic acids is 1. The van der Waals surface area contributed by atoms with Crippen molar-refractivity contribution in [3.63, 3.8) is 0 Å². The lowest BCUT2D eigenvalue weighted by molar-refractivity contribution is -0.685. The minimum Gasteiger partial charge on any atom is -0.478 e. The van der Waals surface area contributed by atoms with Gasteiger partial charge in [-0.3, -0.25) is 0 Å². The van der Waals surface area contributed by atoms with Gasteiger partial charge in [0.05, 0.1) is 0 Å². The molecule has 4 nitrogen and oxygen atoms in total. The van der Waals surface area contributed by atoms with E-state index in [1.165, 1.54) is 16.8 Å². The Bertz CT molecular complexity index is 616. The van der Waals surface area contributed by atoms with E-state index in [1.54, 1.807) is 10.8 Å². The van der Waals surface area contributed by atoms with Gasteiger partial charge < -0.3 is 5.11 Å². The van der Waals surface area contributed by atoms with Crippen LogP contribution in [0.4, 0.5) is 0 Å². The lowest BCUT2D eigenvalue weighted by Crippen LogP contribution is -2.35. The van der Waals surface area contributed by atoms with E-state index in [4.69, 9.17) is 5.11 Å². The predicted molar refractivity (Wildman–Crippen MR) is 81.8 cm³/mol. The van der Waals surface area contributed by atoms with Gasteiger partial charge in [0, 0.05) is 11.1 Å². The number of carbonyl (C=O) groups is 1. The van der Waals surface area contributed by atoms with Crippen molar-refractivity contribution in [1.29, 1.82) is 0 Å². The van der Waals surface area contributed by atoms with Gasteiger partial charge in [0.15, 0.2) is 6.54 Å². The molecule has 0 amide bonds. The summed E-state index contributed by atoms with van der Waals surface area (Å²) in [5.74, 6) is -0.0120. The van der Waals surface area contributed by atoms with Gasteiger partial charge in [0.25, 0.3) is 0 Å². The highest BCUT2D eigenvalue weighted by molar-refractivity contribution is 5.64. The van der Waals surface area contributed by atoms with Crippen molar-refractivity contribution in [2.75, 3.05) is 0 Å². The summed E-state index contributed by atoms with van der Waals surface area (Å²) < 4.78 is 3.72. The first-order chi connectivity index (χ1) is 9.90. The monoisotopic (exact) mass is 287 g/mol. The van der Waals surface area contributed by atoms with E-state index in [-0.39, 0.29) is 6.54 Å². The fourth-order valence-electron chi connectivity index (χ4n) is 2.59. The third-order valence-corrected chi connectivity index (χ3v) is 3.61. The third kappa shape index (κ3) is 3.32. The van der Waals surface area contributed by atoms with Gasteiger partial charge in [0.2, 0.25) is 6.33 Å². The molecular formula is C17H23N2O2+. The van der Waals surface area contributed by atoms with Crippen molar-refractivity contribution in [1.82, 2.24) is 4.57 Å². The summed E-state index contributed by atoms with van der Waals surface area (Å²) in [6, 6.07) is 6.39. The van der Waals surface area contributed by atoms with Gasteiger partial charge >= 0.3 is 5.97 Å². The predicted octanol–water partition coefficient (Wildman–Crippen LogP) is 3.10. The van der Waals surface area contributed by atoms with E-state index in [1.807, 2.05) is 17.1 Å². The van der Waals surface area contributed by atoms with Crippen LogP contribution in [0.3, 0.4) is 0 Å². The van der Waals surface area contributed by atoms with Crippen LogP contribution in [0.15, 0.2) is 36.9 Å². The average Bonchev–Trinajstić information content (AvgIpc) is 2.84. The number of carboxylic acid groups (broad SMARTS) is 1. The highest BCUT2D eigenvalue weighted by Gasteiger charge is 2.20. The molecule has 2 rings (SSSR count). The van der Waals surface area contributed by atoms with E-state index in [2.05, 4.69) is 45.9 Å². The van der Waals surface area contributed by atoms with Crippen LogP contribution in [0.5, 0.6) is 0 Å². The van der Waals surface area contributed by atoms with E-state index in [9.17, 15) is 4.79 Å². The largest absolute Gasteiger partial charge is 0.478 e. The van der Waals surface area contributed by atoms with Crippen molar-refractivity contribution in [3.8, 4) is 5.69 Å². The van der Waals surface area contributed by atoms with Gasteiger partial charge in [-0.15, -0.1) is 0 Å².